The standard InChI is InChI=1S/C14H13Cl3N2O2S/c15-7-1-8(16)11-10(2-7)22-13(12(11)17)14(21)19-4-6-3-18-5-9(6)20/h1-2,6,9,18,20H,3-5H2,(H,19,21). The molecule has 118 valence electrons. The molecule has 1 amide bonds. The number of thiophene rings is 1. The molecule has 0 aliphatic carbocycles. The average Bonchev–Trinajstić information content (AvgIpc) is 3.00. The Morgan fingerprint density at radius 3 is 2.82 bits per heavy atom. The van der Waals surface area contributed by atoms with Gasteiger partial charge in [0.2, 0.25) is 0 Å². The van der Waals surface area contributed by atoms with E-state index in [-0.39, 0.29) is 11.8 Å². The van der Waals surface area contributed by atoms with Gasteiger partial charge < -0.3 is 15.7 Å². The van der Waals surface area contributed by atoms with Crippen molar-refractivity contribution in [2.75, 3.05) is 19.6 Å². The van der Waals surface area contributed by atoms with Gasteiger partial charge in [-0.1, -0.05) is 34.8 Å². The molecule has 2 heterocycles. The lowest BCUT2D eigenvalue weighted by Gasteiger charge is -2.13. The molecule has 0 saturated carbocycles. The van der Waals surface area contributed by atoms with E-state index in [9.17, 15) is 9.90 Å². The molecular weight excluding hydrogens is 367 g/mol. The van der Waals surface area contributed by atoms with Crippen LogP contribution in [-0.4, -0.2) is 36.8 Å². The van der Waals surface area contributed by atoms with E-state index in [2.05, 4.69) is 10.6 Å². The Kier molecular flexibility index (Phi) is 4.83. The molecule has 0 bridgehead atoms. The van der Waals surface area contributed by atoms with Gasteiger partial charge in [0.25, 0.3) is 5.91 Å². The van der Waals surface area contributed by atoms with Crippen LogP contribution in [0.4, 0.5) is 0 Å². The van der Waals surface area contributed by atoms with Crippen molar-refractivity contribution < 1.29 is 9.90 Å². The summed E-state index contributed by atoms with van der Waals surface area (Å²) in [6, 6.07) is 3.34. The molecule has 1 saturated heterocycles. The number of aliphatic hydroxyl groups is 1. The summed E-state index contributed by atoms with van der Waals surface area (Å²) in [6.45, 7) is 1.63. The quantitative estimate of drug-likeness (QED) is 0.767. The van der Waals surface area contributed by atoms with Crippen LogP contribution in [0.2, 0.25) is 15.1 Å². The van der Waals surface area contributed by atoms with Gasteiger partial charge in [-0.3, -0.25) is 4.79 Å². The van der Waals surface area contributed by atoms with Crippen LogP contribution >= 0.6 is 46.1 Å². The Morgan fingerprint density at radius 1 is 1.36 bits per heavy atom. The Morgan fingerprint density at radius 2 is 2.14 bits per heavy atom. The molecule has 1 aliphatic rings. The van der Waals surface area contributed by atoms with Gasteiger partial charge in [0.05, 0.1) is 16.1 Å². The highest BCUT2D eigenvalue weighted by Crippen LogP contribution is 2.41. The molecule has 3 N–H and O–H groups in total. The Hall–Kier alpha value is -0.560. The van der Waals surface area contributed by atoms with Gasteiger partial charge in [0.15, 0.2) is 0 Å². The van der Waals surface area contributed by atoms with Crippen LogP contribution in [0.5, 0.6) is 0 Å². The minimum atomic E-state index is -0.438. The number of carbonyl (C=O) groups is 1. The highest BCUT2D eigenvalue weighted by molar-refractivity contribution is 7.21. The molecule has 1 fully saturated rings. The van der Waals surface area contributed by atoms with Gasteiger partial charge in [0.1, 0.15) is 4.88 Å². The maximum Gasteiger partial charge on any atom is 0.262 e. The Labute approximate surface area is 146 Å². The fourth-order valence-corrected chi connectivity index (χ4v) is 4.78. The summed E-state index contributed by atoms with van der Waals surface area (Å²) in [6.07, 6.45) is -0.438. The fraction of sp³-hybridized carbons (Fsp3) is 0.357. The number of hydrogen-bond acceptors (Lipinski definition) is 4. The van der Waals surface area contributed by atoms with Crippen molar-refractivity contribution in [3.63, 3.8) is 0 Å². The first kappa shape index (κ1) is 16.3. The van der Waals surface area contributed by atoms with E-state index in [0.29, 0.717) is 45.0 Å². The average molecular weight is 380 g/mol. The zero-order valence-electron chi connectivity index (χ0n) is 11.3. The van der Waals surface area contributed by atoms with Gasteiger partial charge in [0, 0.05) is 40.7 Å². The number of benzene rings is 1. The van der Waals surface area contributed by atoms with Gasteiger partial charge >= 0.3 is 0 Å². The van der Waals surface area contributed by atoms with Gasteiger partial charge in [-0.2, -0.15) is 0 Å². The molecule has 0 spiro atoms. The monoisotopic (exact) mass is 378 g/mol. The van der Waals surface area contributed by atoms with Crippen LogP contribution in [0.25, 0.3) is 10.1 Å². The van der Waals surface area contributed by atoms with E-state index in [4.69, 9.17) is 34.8 Å². The third-order valence-electron chi connectivity index (χ3n) is 3.68. The number of fused-ring (bicyclic) bond motifs is 1. The van der Waals surface area contributed by atoms with E-state index < -0.39 is 6.10 Å². The topological polar surface area (TPSA) is 61.4 Å². The Balaban J connectivity index is 1.82. The normalized spacial score (nSPS) is 21.5. The van der Waals surface area contributed by atoms with Crippen molar-refractivity contribution in [2.45, 2.75) is 6.10 Å². The van der Waals surface area contributed by atoms with Crippen molar-refractivity contribution >= 4 is 62.1 Å². The summed E-state index contributed by atoms with van der Waals surface area (Å²) in [5.41, 5.74) is 0. The lowest BCUT2D eigenvalue weighted by Crippen LogP contribution is -2.34. The summed E-state index contributed by atoms with van der Waals surface area (Å²) >= 11 is 19.7. The number of β-amino-alcohol motifs (C(OH)–C–C–N with tert-alkyl or cyclic N) is 1. The molecule has 4 nitrogen and oxygen atoms in total. The van der Waals surface area contributed by atoms with E-state index in [1.165, 1.54) is 11.3 Å². The zero-order chi connectivity index (χ0) is 15.9. The third-order valence-corrected chi connectivity index (χ3v) is 5.83. The maximum atomic E-state index is 12.3. The molecule has 2 aromatic rings. The summed E-state index contributed by atoms with van der Waals surface area (Å²) < 4.78 is 0.773. The zero-order valence-corrected chi connectivity index (χ0v) is 14.4. The molecule has 1 aromatic carbocycles. The van der Waals surface area contributed by atoms with E-state index >= 15 is 0 Å². The number of rotatable bonds is 3. The van der Waals surface area contributed by atoms with Crippen LogP contribution in [0.15, 0.2) is 12.1 Å². The molecule has 2 unspecified atom stereocenters. The van der Waals surface area contributed by atoms with E-state index in [0.717, 1.165) is 4.70 Å². The van der Waals surface area contributed by atoms with Gasteiger partial charge in [-0.25, -0.2) is 0 Å². The summed E-state index contributed by atoms with van der Waals surface area (Å²) in [4.78, 5) is 12.7. The van der Waals surface area contributed by atoms with Crippen LogP contribution < -0.4 is 10.6 Å². The SMILES string of the molecule is O=C(NCC1CNCC1O)c1sc2cc(Cl)cc(Cl)c2c1Cl. The van der Waals surface area contributed by atoms with Crippen molar-refractivity contribution in [2.24, 2.45) is 5.92 Å². The van der Waals surface area contributed by atoms with Crippen molar-refractivity contribution in [1.82, 2.24) is 10.6 Å². The van der Waals surface area contributed by atoms with Crippen molar-refractivity contribution in [3.8, 4) is 0 Å². The van der Waals surface area contributed by atoms with Crippen molar-refractivity contribution in [1.29, 1.82) is 0 Å². The smallest absolute Gasteiger partial charge is 0.262 e. The first-order chi connectivity index (χ1) is 10.5. The minimum absolute atomic E-state index is 0.00939. The van der Waals surface area contributed by atoms with Crippen LogP contribution in [-0.2, 0) is 0 Å². The van der Waals surface area contributed by atoms with Gasteiger partial charge in [-0.05, 0) is 12.1 Å². The summed E-state index contributed by atoms with van der Waals surface area (Å²) in [5.74, 6) is -0.257. The first-order valence-electron chi connectivity index (χ1n) is 6.71. The number of halogens is 3. The molecule has 2 atom stereocenters. The maximum absolute atomic E-state index is 12.3. The first-order valence-corrected chi connectivity index (χ1v) is 8.66. The lowest BCUT2D eigenvalue weighted by molar-refractivity contribution is 0.0931. The number of nitrogens with one attached hydrogen (secondary N) is 2. The summed E-state index contributed by atoms with van der Waals surface area (Å²) in [5, 5.41) is 17.5. The van der Waals surface area contributed by atoms with E-state index in [1.54, 1.807) is 12.1 Å². The molecule has 1 aliphatic heterocycles. The molecule has 3 rings (SSSR count). The van der Waals surface area contributed by atoms with Gasteiger partial charge in [-0.15, -0.1) is 11.3 Å². The molecule has 1 aromatic heterocycles. The second-order valence-electron chi connectivity index (χ2n) is 5.20. The highest BCUT2D eigenvalue weighted by Gasteiger charge is 2.26. The molecule has 22 heavy (non-hydrogen) atoms. The second-order valence-corrected chi connectivity index (χ2v) is 7.48. The number of hydrogen-bond donors (Lipinski definition) is 3. The van der Waals surface area contributed by atoms with Crippen molar-refractivity contribution in [3.05, 3.63) is 32.1 Å². The number of amides is 1. The summed E-state index contributed by atoms with van der Waals surface area (Å²) in [7, 11) is 0. The van der Waals surface area contributed by atoms with Crippen LogP contribution in [0.3, 0.4) is 0 Å². The Bertz CT molecular complexity index is 734. The number of carbonyl (C=O) groups excluding carboxylic acids is 1. The lowest BCUT2D eigenvalue weighted by atomic mass is 10.1. The molecule has 8 heteroatoms. The second kappa shape index (κ2) is 6.51. The molecular formula is C14H13Cl3N2O2S. The fourth-order valence-electron chi connectivity index (χ4n) is 2.49. The third kappa shape index (κ3) is 3.07. The van der Waals surface area contributed by atoms with Crippen LogP contribution in [0, 0.1) is 5.92 Å². The predicted octanol–water partition coefficient (Wildman–Crippen LogP) is 3.17. The largest absolute Gasteiger partial charge is 0.391 e. The van der Waals surface area contributed by atoms with Crippen LogP contribution in [0.1, 0.15) is 9.67 Å². The minimum Gasteiger partial charge on any atom is -0.391 e. The predicted molar refractivity (Wildman–Crippen MR) is 91.6 cm³/mol. The number of aliphatic hydroxyl groups excluding tert-OH is 1. The van der Waals surface area contributed by atoms with E-state index in [1.807, 2.05) is 0 Å². The molecule has 0 radical (unpaired) electrons. The highest BCUT2D eigenvalue weighted by atomic mass is 35.5.